The second-order valence-corrected chi connectivity index (χ2v) is 6.69. The van der Waals surface area contributed by atoms with Gasteiger partial charge in [-0.15, -0.1) is 0 Å². The zero-order chi connectivity index (χ0) is 16.3. The van der Waals surface area contributed by atoms with Crippen molar-refractivity contribution in [3.8, 4) is 5.75 Å². The normalized spacial score (nSPS) is 10.5. The first-order valence-corrected chi connectivity index (χ1v) is 8.13. The van der Waals surface area contributed by atoms with E-state index < -0.39 is 22.6 Å². The second-order valence-electron chi connectivity index (χ2n) is 3.95. The number of hydrogen-bond donors (Lipinski definition) is 2. The molecule has 22 heavy (non-hydrogen) atoms. The Kier molecular flexibility index (Phi) is 5.11. The summed E-state index contributed by atoms with van der Waals surface area (Å²) in [5.74, 6) is -0.842. The summed E-state index contributed by atoms with van der Waals surface area (Å²) < 4.78 is 26.5. The van der Waals surface area contributed by atoms with Gasteiger partial charge in [0.05, 0.1) is 16.8 Å². The number of nitrogens with zero attached hydrogens (tertiary/aromatic N) is 1. The summed E-state index contributed by atoms with van der Waals surface area (Å²) in [7, 11) is -2.74. The number of ether oxygens (including phenoxy) is 1. The average molecular weight is 361 g/mol. The van der Waals surface area contributed by atoms with Crippen molar-refractivity contribution in [1.82, 2.24) is 4.98 Å². The number of amides is 1. The predicted octanol–water partition coefficient (Wildman–Crippen LogP) is 1.94. The van der Waals surface area contributed by atoms with Gasteiger partial charge < -0.3 is 4.74 Å². The van der Waals surface area contributed by atoms with Crippen LogP contribution in [-0.4, -0.2) is 25.3 Å². The van der Waals surface area contributed by atoms with E-state index in [1.807, 2.05) is 0 Å². The fourth-order valence-electron chi connectivity index (χ4n) is 1.48. The number of carbonyl (C=O) groups excluding carboxylic acids is 2. The summed E-state index contributed by atoms with van der Waals surface area (Å²) in [6.45, 7) is 1.25. The van der Waals surface area contributed by atoms with E-state index in [9.17, 15) is 18.0 Å². The highest BCUT2D eigenvalue weighted by Crippen LogP contribution is 2.25. The third-order valence-electron chi connectivity index (χ3n) is 2.34. The topological polar surface area (TPSA) is 102 Å². The molecule has 1 heterocycles. The third kappa shape index (κ3) is 4.03. The van der Waals surface area contributed by atoms with Crippen molar-refractivity contribution < 1.29 is 22.7 Å². The first-order valence-electron chi connectivity index (χ1n) is 5.76. The Labute approximate surface area is 135 Å². The lowest BCUT2D eigenvalue weighted by molar-refractivity contribution is -0.131. The van der Waals surface area contributed by atoms with Gasteiger partial charge in [-0.25, -0.2) is 13.4 Å². The number of hydrogen-bond acceptors (Lipinski definition) is 7. The van der Waals surface area contributed by atoms with Crippen LogP contribution in [0.15, 0.2) is 28.6 Å². The molecule has 10 heteroatoms. The molecule has 0 radical (unpaired) electrons. The van der Waals surface area contributed by atoms with Crippen LogP contribution in [-0.2, 0) is 15.5 Å². The molecule has 0 spiro atoms. The van der Waals surface area contributed by atoms with E-state index in [1.165, 1.54) is 25.1 Å². The molecule has 0 aliphatic carbocycles. The lowest BCUT2D eigenvalue weighted by Gasteiger charge is -2.06. The first kappa shape index (κ1) is 16.4. The molecule has 0 fully saturated rings. The molecule has 1 N–H and O–H groups in total. The fraction of sp³-hybridized carbons (Fsp3) is 0.0833. The summed E-state index contributed by atoms with van der Waals surface area (Å²) in [6.07, 6.45) is 1.15. The largest absolute Gasteiger partial charge is 0.427 e. The maximum atomic E-state index is 12.1. The van der Waals surface area contributed by atoms with E-state index in [2.05, 4.69) is 10.3 Å². The standard InChI is InChI=1S/C12H9ClN2O5S2/c1-6(16)20-7-2-3-8(9(13)4-7)11(17)15-12-14-5-10(21-12)22(18)19/h2-5,22H,1H3,(H,14,15,17). The van der Waals surface area contributed by atoms with Crippen molar-refractivity contribution in [2.75, 3.05) is 5.32 Å². The van der Waals surface area contributed by atoms with E-state index in [0.29, 0.717) is 0 Å². The number of carbonyl (C=O) groups is 2. The SMILES string of the molecule is CC(=O)Oc1ccc(C(=O)Nc2ncc([SH](=O)=O)s2)c(Cl)c1. The number of rotatable bonds is 4. The van der Waals surface area contributed by atoms with Crippen LogP contribution in [0.3, 0.4) is 0 Å². The van der Waals surface area contributed by atoms with Gasteiger partial charge in [-0.3, -0.25) is 14.9 Å². The second kappa shape index (κ2) is 6.86. The van der Waals surface area contributed by atoms with Gasteiger partial charge in [0.1, 0.15) is 9.96 Å². The minimum atomic E-state index is -2.74. The van der Waals surface area contributed by atoms with Gasteiger partial charge in [0.15, 0.2) is 15.8 Å². The summed E-state index contributed by atoms with van der Waals surface area (Å²) in [6, 6.07) is 4.14. The minimum Gasteiger partial charge on any atom is -0.427 e. The molecule has 0 aliphatic rings. The predicted molar refractivity (Wildman–Crippen MR) is 81.4 cm³/mol. The molecule has 0 aliphatic heterocycles. The molecule has 1 aromatic heterocycles. The van der Waals surface area contributed by atoms with Crippen LogP contribution in [0.4, 0.5) is 5.13 Å². The van der Waals surface area contributed by atoms with Gasteiger partial charge in [0.25, 0.3) is 5.91 Å². The van der Waals surface area contributed by atoms with Gasteiger partial charge in [-0.2, -0.15) is 0 Å². The number of esters is 1. The van der Waals surface area contributed by atoms with Crippen molar-refractivity contribution in [2.24, 2.45) is 0 Å². The number of nitrogens with one attached hydrogen (secondary N) is 1. The van der Waals surface area contributed by atoms with Gasteiger partial charge >= 0.3 is 5.97 Å². The molecule has 7 nitrogen and oxygen atoms in total. The molecule has 0 bridgehead atoms. The van der Waals surface area contributed by atoms with Gasteiger partial charge in [-0.1, -0.05) is 22.9 Å². The fourth-order valence-corrected chi connectivity index (χ4v) is 3.00. The Bertz CT molecular complexity index is 808. The molecule has 2 rings (SSSR count). The van der Waals surface area contributed by atoms with Crippen LogP contribution in [0.1, 0.15) is 17.3 Å². The Morgan fingerprint density at radius 2 is 2.09 bits per heavy atom. The van der Waals surface area contributed by atoms with Gasteiger partial charge in [-0.05, 0) is 12.1 Å². The number of benzene rings is 1. The molecular formula is C12H9ClN2O5S2. The highest BCUT2D eigenvalue weighted by atomic mass is 35.5. The average Bonchev–Trinajstić information content (AvgIpc) is 2.86. The van der Waals surface area contributed by atoms with Crippen LogP contribution < -0.4 is 10.1 Å². The van der Waals surface area contributed by atoms with Crippen molar-refractivity contribution >= 4 is 50.6 Å². The minimum absolute atomic E-state index is 0.0432. The summed E-state index contributed by atoms with van der Waals surface area (Å²) in [5.41, 5.74) is 0.140. The molecule has 0 saturated carbocycles. The lowest BCUT2D eigenvalue weighted by atomic mass is 10.2. The number of halogens is 1. The third-order valence-corrected chi connectivity index (χ3v) is 4.57. The number of thiazole rings is 1. The molecule has 1 aromatic carbocycles. The van der Waals surface area contributed by atoms with E-state index in [4.69, 9.17) is 16.3 Å². The summed E-state index contributed by atoms with van der Waals surface area (Å²) >= 11 is 6.79. The molecule has 0 saturated heterocycles. The molecule has 2 aromatic rings. The van der Waals surface area contributed by atoms with Crippen molar-refractivity contribution in [3.63, 3.8) is 0 Å². The molecule has 116 valence electrons. The maximum absolute atomic E-state index is 12.1. The Morgan fingerprint density at radius 1 is 1.36 bits per heavy atom. The first-order chi connectivity index (χ1) is 10.4. The van der Waals surface area contributed by atoms with Gasteiger partial charge in [0, 0.05) is 13.0 Å². The number of thiol groups is 1. The quantitative estimate of drug-likeness (QED) is 0.491. The van der Waals surface area contributed by atoms with E-state index in [1.54, 1.807) is 0 Å². The highest BCUT2D eigenvalue weighted by molar-refractivity contribution is 7.75. The molecule has 1 amide bonds. The van der Waals surface area contributed by atoms with Crippen molar-refractivity contribution in [1.29, 1.82) is 0 Å². The van der Waals surface area contributed by atoms with E-state index in [-0.39, 0.29) is 25.7 Å². The van der Waals surface area contributed by atoms with Crippen LogP contribution in [0, 0.1) is 0 Å². The molecule has 0 unspecified atom stereocenters. The van der Waals surface area contributed by atoms with Crippen molar-refractivity contribution in [3.05, 3.63) is 35.0 Å². The molecule has 0 atom stereocenters. The van der Waals surface area contributed by atoms with E-state index >= 15 is 0 Å². The Morgan fingerprint density at radius 3 is 2.64 bits per heavy atom. The smallest absolute Gasteiger partial charge is 0.308 e. The maximum Gasteiger partial charge on any atom is 0.308 e. The number of anilines is 1. The van der Waals surface area contributed by atoms with E-state index in [0.717, 1.165) is 17.5 Å². The van der Waals surface area contributed by atoms with Crippen LogP contribution in [0.25, 0.3) is 0 Å². The zero-order valence-electron chi connectivity index (χ0n) is 11.0. The van der Waals surface area contributed by atoms with Crippen molar-refractivity contribution in [2.45, 2.75) is 11.1 Å². The molecular weight excluding hydrogens is 352 g/mol. The number of aromatic nitrogens is 1. The summed E-state index contributed by atoms with van der Waals surface area (Å²) in [4.78, 5) is 26.7. The van der Waals surface area contributed by atoms with Gasteiger partial charge in [0.2, 0.25) is 0 Å². The summed E-state index contributed by atoms with van der Waals surface area (Å²) in [5, 5.41) is 2.67. The van der Waals surface area contributed by atoms with Crippen LogP contribution in [0.2, 0.25) is 5.02 Å². The lowest BCUT2D eigenvalue weighted by Crippen LogP contribution is -2.12. The highest BCUT2D eigenvalue weighted by Gasteiger charge is 2.14. The monoisotopic (exact) mass is 360 g/mol. The van der Waals surface area contributed by atoms with Crippen LogP contribution >= 0.6 is 22.9 Å². The zero-order valence-corrected chi connectivity index (χ0v) is 13.5. The Hall–Kier alpha value is -1.97. The Balaban J connectivity index is 2.16. The van der Waals surface area contributed by atoms with Crippen LogP contribution in [0.5, 0.6) is 5.75 Å².